The van der Waals surface area contributed by atoms with Crippen molar-refractivity contribution in [3.8, 4) is 51.3 Å². The van der Waals surface area contributed by atoms with Crippen LogP contribution in [0.25, 0.3) is 95.0 Å². The third kappa shape index (κ3) is 4.58. The van der Waals surface area contributed by atoms with Gasteiger partial charge in [-0.05, 0) is 41.8 Å². The van der Waals surface area contributed by atoms with E-state index in [0.29, 0.717) is 23.4 Å². The lowest BCUT2D eigenvalue weighted by atomic mass is 10.1. The first-order chi connectivity index (χ1) is 24.8. The summed E-state index contributed by atoms with van der Waals surface area (Å²) in [6, 6.07) is 55.7. The Morgan fingerprint density at radius 3 is 1.66 bits per heavy atom. The van der Waals surface area contributed by atoms with Crippen LogP contribution >= 0.6 is 0 Å². The zero-order valence-electron chi connectivity index (χ0n) is 26.7. The largest absolute Gasteiger partial charge is 0.434 e. The van der Waals surface area contributed by atoms with Gasteiger partial charge >= 0.3 is 0 Å². The van der Waals surface area contributed by atoms with Gasteiger partial charge in [0.1, 0.15) is 5.52 Å². The first kappa shape index (κ1) is 28.1. The second-order valence-corrected chi connectivity index (χ2v) is 12.3. The molecule has 0 atom stereocenters. The van der Waals surface area contributed by atoms with E-state index in [9.17, 15) is 0 Å². The van der Waals surface area contributed by atoms with Crippen molar-refractivity contribution in [1.82, 2.24) is 24.5 Å². The number of rotatable bonds is 5. The van der Waals surface area contributed by atoms with Crippen molar-refractivity contribution in [1.29, 1.82) is 0 Å². The summed E-state index contributed by atoms with van der Waals surface area (Å²) in [5.41, 5.74) is 8.25. The summed E-state index contributed by atoms with van der Waals surface area (Å²) in [6.07, 6.45) is 0. The fraction of sp³-hybridized carbons (Fsp3) is 0. The maximum absolute atomic E-state index is 6.65. The van der Waals surface area contributed by atoms with Crippen molar-refractivity contribution in [2.24, 2.45) is 0 Å². The number of hydrogen-bond donors (Lipinski definition) is 0. The van der Waals surface area contributed by atoms with Gasteiger partial charge in [-0.15, -0.1) is 0 Å². The van der Waals surface area contributed by atoms with E-state index in [4.69, 9.17) is 24.4 Å². The normalized spacial score (nSPS) is 11.6. The molecule has 0 bridgehead atoms. The Bertz CT molecular complexity index is 2800. The van der Waals surface area contributed by atoms with Gasteiger partial charge in [-0.3, -0.25) is 0 Å². The second kappa shape index (κ2) is 11.4. The third-order valence-electron chi connectivity index (χ3n) is 9.25. The van der Waals surface area contributed by atoms with E-state index in [2.05, 4.69) is 77.4 Å². The minimum atomic E-state index is 0.593. The minimum absolute atomic E-state index is 0.593. The van der Waals surface area contributed by atoms with E-state index in [1.165, 1.54) is 0 Å². The molecule has 3 heterocycles. The van der Waals surface area contributed by atoms with Crippen molar-refractivity contribution in [2.45, 2.75) is 0 Å². The van der Waals surface area contributed by atoms with Crippen molar-refractivity contribution in [3.63, 3.8) is 0 Å². The van der Waals surface area contributed by atoms with E-state index in [0.717, 1.165) is 71.6 Å². The first-order valence-electron chi connectivity index (χ1n) is 16.6. The van der Waals surface area contributed by atoms with Gasteiger partial charge in [0.15, 0.2) is 23.1 Å². The van der Waals surface area contributed by atoms with Gasteiger partial charge in [-0.1, -0.05) is 127 Å². The molecule has 0 N–H and O–H groups in total. The lowest BCUT2D eigenvalue weighted by molar-refractivity contribution is 0.622. The summed E-state index contributed by atoms with van der Waals surface area (Å²) in [5.74, 6) is 2.44. The molecule has 6 heteroatoms. The highest BCUT2D eigenvalue weighted by Crippen LogP contribution is 2.41. The lowest BCUT2D eigenvalue weighted by Gasteiger charge is -2.12. The number of benzene rings is 7. The number of hydrogen-bond acceptors (Lipinski definition) is 5. The predicted molar refractivity (Wildman–Crippen MR) is 201 cm³/mol. The molecule has 3 aromatic heterocycles. The summed E-state index contributed by atoms with van der Waals surface area (Å²) in [6.45, 7) is 0. The molecule has 10 rings (SSSR count). The van der Waals surface area contributed by atoms with Crippen molar-refractivity contribution in [3.05, 3.63) is 164 Å². The molecule has 0 aliphatic heterocycles. The zero-order chi connectivity index (χ0) is 33.0. The van der Waals surface area contributed by atoms with Crippen LogP contribution in [-0.4, -0.2) is 24.5 Å². The Kier molecular flexibility index (Phi) is 6.39. The zero-order valence-corrected chi connectivity index (χ0v) is 26.7. The fourth-order valence-electron chi connectivity index (χ4n) is 6.93. The molecule has 0 unspecified atom stereocenters. The van der Waals surface area contributed by atoms with Crippen LogP contribution in [0.4, 0.5) is 0 Å². The molecule has 0 saturated heterocycles. The molecular formula is C44H27N5O. The third-order valence-corrected chi connectivity index (χ3v) is 9.25. The topological polar surface area (TPSA) is 69.6 Å². The highest BCUT2D eigenvalue weighted by molar-refractivity contribution is 6.22. The SMILES string of the molecule is c1ccc(-c2nc(-c3ccccc3)nc(-c3cccc(-n4c5c6ccccc6ccc5c5ccc6nc(-c7ccccc7)oc6c54)c3)n2)cc1. The molecule has 50 heavy (non-hydrogen) atoms. The quantitative estimate of drug-likeness (QED) is 0.187. The number of fused-ring (bicyclic) bond motifs is 7. The maximum Gasteiger partial charge on any atom is 0.227 e. The molecule has 0 aliphatic rings. The van der Waals surface area contributed by atoms with Gasteiger partial charge < -0.3 is 8.98 Å². The van der Waals surface area contributed by atoms with E-state index in [-0.39, 0.29) is 0 Å². The van der Waals surface area contributed by atoms with E-state index in [1.54, 1.807) is 0 Å². The highest BCUT2D eigenvalue weighted by atomic mass is 16.3. The van der Waals surface area contributed by atoms with E-state index >= 15 is 0 Å². The van der Waals surface area contributed by atoms with E-state index in [1.807, 2.05) is 91.0 Å². The van der Waals surface area contributed by atoms with Gasteiger partial charge in [0, 0.05) is 44.1 Å². The lowest BCUT2D eigenvalue weighted by Crippen LogP contribution is -2.01. The summed E-state index contributed by atoms with van der Waals surface area (Å²) >= 11 is 0. The van der Waals surface area contributed by atoms with Crippen LogP contribution in [0.3, 0.4) is 0 Å². The molecule has 7 aromatic carbocycles. The van der Waals surface area contributed by atoms with Crippen LogP contribution in [0.15, 0.2) is 168 Å². The molecule has 0 aliphatic carbocycles. The molecule has 0 amide bonds. The average molecular weight is 642 g/mol. The van der Waals surface area contributed by atoms with Crippen LogP contribution < -0.4 is 0 Å². The van der Waals surface area contributed by atoms with Gasteiger partial charge in [0.25, 0.3) is 0 Å². The molecular weight excluding hydrogens is 615 g/mol. The molecule has 234 valence electrons. The summed E-state index contributed by atoms with van der Waals surface area (Å²) in [5, 5.41) is 4.55. The number of aromatic nitrogens is 5. The fourth-order valence-corrected chi connectivity index (χ4v) is 6.93. The molecule has 0 radical (unpaired) electrons. The second-order valence-electron chi connectivity index (χ2n) is 12.3. The minimum Gasteiger partial charge on any atom is -0.434 e. The Hall–Kier alpha value is -6.92. The van der Waals surface area contributed by atoms with Crippen LogP contribution in [0.2, 0.25) is 0 Å². The highest BCUT2D eigenvalue weighted by Gasteiger charge is 2.22. The van der Waals surface area contributed by atoms with Crippen LogP contribution in [0, 0.1) is 0 Å². The predicted octanol–water partition coefficient (Wildman–Crippen LogP) is 10.9. The van der Waals surface area contributed by atoms with Gasteiger partial charge in [0.05, 0.1) is 11.0 Å². The van der Waals surface area contributed by atoms with Crippen molar-refractivity contribution < 1.29 is 4.42 Å². The Balaban J connectivity index is 1.25. The van der Waals surface area contributed by atoms with Gasteiger partial charge in [-0.2, -0.15) is 0 Å². The average Bonchev–Trinajstić information content (AvgIpc) is 3.79. The van der Waals surface area contributed by atoms with Gasteiger partial charge in [0.2, 0.25) is 5.89 Å². The molecule has 0 saturated carbocycles. The van der Waals surface area contributed by atoms with Crippen molar-refractivity contribution >= 4 is 43.7 Å². The van der Waals surface area contributed by atoms with E-state index < -0.39 is 0 Å². The monoisotopic (exact) mass is 641 g/mol. The van der Waals surface area contributed by atoms with Crippen LogP contribution in [0.5, 0.6) is 0 Å². The van der Waals surface area contributed by atoms with Gasteiger partial charge in [-0.25, -0.2) is 19.9 Å². The Labute approximate surface area is 287 Å². The molecule has 10 aromatic rings. The Morgan fingerprint density at radius 2 is 0.960 bits per heavy atom. The number of oxazole rings is 1. The standard InChI is InChI=1S/C44H27N5O/c1-4-14-29(15-5-1)41-46-42(30-16-6-2-7-17-30)48-43(47-41)32-20-12-21-33(27-32)49-38-34-22-11-10-13-28(34)23-24-35(38)36-25-26-37-40(39(36)49)50-44(45-37)31-18-8-3-9-19-31/h1-27H. The molecule has 6 nitrogen and oxygen atoms in total. The maximum atomic E-state index is 6.65. The van der Waals surface area contributed by atoms with Crippen LogP contribution in [-0.2, 0) is 0 Å². The Morgan fingerprint density at radius 1 is 0.400 bits per heavy atom. The van der Waals surface area contributed by atoms with Crippen molar-refractivity contribution in [2.75, 3.05) is 0 Å². The van der Waals surface area contributed by atoms with Crippen LogP contribution in [0.1, 0.15) is 0 Å². The first-order valence-corrected chi connectivity index (χ1v) is 16.6. The summed E-state index contributed by atoms with van der Waals surface area (Å²) in [4.78, 5) is 19.9. The molecule has 0 fully saturated rings. The molecule has 0 spiro atoms. The smallest absolute Gasteiger partial charge is 0.227 e. The summed E-state index contributed by atoms with van der Waals surface area (Å²) in [7, 11) is 0. The summed E-state index contributed by atoms with van der Waals surface area (Å²) < 4.78 is 8.97. The number of nitrogens with zero attached hydrogens (tertiary/aromatic N) is 5.